The zero-order valence-electron chi connectivity index (χ0n) is 37.3. The molecule has 0 radical (unpaired) electrons. The molecule has 0 saturated heterocycles. The molecule has 0 rings (SSSR count). The van der Waals surface area contributed by atoms with Gasteiger partial charge in [-0.3, -0.25) is 9.59 Å². The zero-order valence-corrected chi connectivity index (χ0v) is 37.3. The third-order valence-corrected chi connectivity index (χ3v) is 11.7. The van der Waals surface area contributed by atoms with Crippen molar-refractivity contribution in [1.82, 2.24) is 5.32 Å². The van der Waals surface area contributed by atoms with Gasteiger partial charge in [0.15, 0.2) is 0 Å². The lowest BCUT2D eigenvalue weighted by molar-refractivity contribution is -0.151. The van der Waals surface area contributed by atoms with Crippen molar-refractivity contribution in [2.24, 2.45) is 0 Å². The first-order valence-electron chi connectivity index (χ1n) is 24.8. The molecule has 0 aromatic carbocycles. The van der Waals surface area contributed by atoms with Gasteiger partial charge in [-0.05, 0) is 25.7 Å². The second-order valence-corrected chi connectivity index (χ2v) is 17.2. The number of hydrogen-bond acceptors (Lipinski definition) is 5. The molecule has 0 aliphatic rings. The minimum absolute atomic E-state index is 0.0869. The van der Waals surface area contributed by atoms with Crippen LogP contribution in [0.5, 0.6) is 0 Å². The molecule has 328 valence electrons. The van der Waals surface area contributed by atoms with Gasteiger partial charge in [0.2, 0.25) is 5.91 Å². The van der Waals surface area contributed by atoms with E-state index in [9.17, 15) is 19.8 Å². The summed E-state index contributed by atoms with van der Waals surface area (Å²) in [5.41, 5.74) is 0. The van der Waals surface area contributed by atoms with Gasteiger partial charge >= 0.3 is 5.97 Å². The highest BCUT2D eigenvalue weighted by atomic mass is 16.5. The number of aliphatic hydroxyl groups excluding tert-OH is 2. The van der Waals surface area contributed by atoms with Gasteiger partial charge in [0.25, 0.3) is 0 Å². The molecule has 3 atom stereocenters. The van der Waals surface area contributed by atoms with Crippen LogP contribution in [0.1, 0.15) is 278 Å². The number of carbonyl (C=O) groups excluding carboxylic acids is 2. The number of carbonyl (C=O) groups is 2. The Bertz CT molecular complexity index is 791. The van der Waals surface area contributed by atoms with Crippen molar-refractivity contribution in [1.29, 1.82) is 0 Å². The SMILES string of the molecule is CCCCCCCCCCCCCCCCCC(O)C(CO)NC(=O)CC(CCCCCCCCCCCC)OC(=O)CCCCCCCCCCCCC. The summed E-state index contributed by atoms with van der Waals surface area (Å²) in [5, 5.41) is 23.7. The first-order valence-corrected chi connectivity index (χ1v) is 24.8. The summed E-state index contributed by atoms with van der Waals surface area (Å²) in [7, 11) is 0. The van der Waals surface area contributed by atoms with E-state index in [1.807, 2.05) is 0 Å². The Kier molecular flexibility index (Phi) is 43.1. The average molecular weight is 780 g/mol. The van der Waals surface area contributed by atoms with E-state index in [1.54, 1.807) is 0 Å². The molecule has 0 aromatic rings. The first-order chi connectivity index (χ1) is 27.0. The molecule has 6 nitrogen and oxygen atoms in total. The number of aliphatic hydroxyl groups is 2. The Hall–Kier alpha value is -1.14. The molecule has 0 spiro atoms. The van der Waals surface area contributed by atoms with Crippen LogP contribution in [-0.2, 0) is 14.3 Å². The first kappa shape index (κ1) is 53.9. The second kappa shape index (κ2) is 44.0. The van der Waals surface area contributed by atoms with Gasteiger partial charge in [0.1, 0.15) is 6.10 Å². The van der Waals surface area contributed by atoms with Gasteiger partial charge in [-0.1, -0.05) is 239 Å². The Morgan fingerprint density at radius 3 is 1.11 bits per heavy atom. The average Bonchev–Trinajstić information content (AvgIpc) is 3.18. The molecule has 0 bridgehead atoms. The van der Waals surface area contributed by atoms with E-state index in [0.29, 0.717) is 19.3 Å². The Morgan fingerprint density at radius 2 is 0.764 bits per heavy atom. The van der Waals surface area contributed by atoms with E-state index in [0.717, 1.165) is 44.9 Å². The van der Waals surface area contributed by atoms with Crippen LogP contribution in [0.25, 0.3) is 0 Å². The number of esters is 1. The summed E-state index contributed by atoms with van der Waals surface area (Å²) in [4.78, 5) is 26.0. The van der Waals surface area contributed by atoms with Crippen molar-refractivity contribution in [2.75, 3.05) is 6.61 Å². The van der Waals surface area contributed by atoms with E-state index >= 15 is 0 Å². The minimum Gasteiger partial charge on any atom is -0.462 e. The molecular formula is C49H97NO5. The van der Waals surface area contributed by atoms with Crippen molar-refractivity contribution in [3.05, 3.63) is 0 Å². The van der Waals surface area contributed by atoms with Crippen molar-refractivity contribution in [2.45, 2.75) is 296 Å². The van der Waals surface area contributed by atoms with Crippen LogP contribution in [0.3, 0.4) is 0 Å². The lowest BCUT2D eigenvalue weighted by atomic mass is 10.0. The number of hydrogen-bond donors (Lipinski definition) is 3. The van der Waals surface area contributed by atoms with Crippen molar-refractivity contribution in [3.63, 3.8) is 0 Å². The quantitative estimate of drug-likeness (QED) is 0.0422. The van der Waals surface area contributed by atoms with Gasteiger partial charge in [0.05, 0.1) is 25.2 Å². The molecule has 0 aromatic heterocycles. The fraction of sp³-hybridized carbons (Fsp3) is 0.959. The maximum Gasteiger partial charge on any atom is 0.306 e. The number of unbranched alkanes of at least 4 members (excludes halogenated alkanes) is 33. The summed E-state index contributed by atoms with van der Waals surface area (Å²) in [6.45, 7) is 6.49. The highest BCUT2D eigenvalue weighted by Gasteiger charge is 2.24. The van der Waals surface area contributed by atoms with E-state index in [1.165, 1.54) is 186 Å². The normalized spacial score (nSPS) is 13.2. The van der Waals surface area contributed by atoms with E-state index < -0.39 is 18.2 Å². The molecular weight excluding hydrogens is 683 g/mol. The van der Waals surface area contributed by atoms with Crippen LogP contribution < -0.4 is 5.32 Å². The van der Waals surface area contributed by atoms with Crippen LogP contribution in [0.2, 0.25) is 0 Å². The number of nitrogens with one attached hydrogen (secondary N) is 1. The van der Waals surface area contributed by atoms with Crippen LogP contribution in [0.4, 0.5) is 0 Å². The maximum atomic E-state index is 13.1. The summed E-state index contributed by atoms with van der Waals surface area (Å²) in [6.07, 6.45) is 45.9. The lowest BCUT2D eigenvalue weighted by Crippen LogP contribution is -2.46. The Labute approximate surface area is 343 Å². The van der Waals surface area contributed by atoms with Gasteiger partial charge in [0, 0.05) is 6.42 Å². The van der Waals surface area contributed by atoms with E-state index in [4.69, 9.17) is 4.74 Å². The molecule has 55 heavy (non-hydrogen) atoms. The van der Waals surface area contributed by atoms with Crippen molar-refractivity contribution in [3.8, 4) is 0 Å². The predicted octanol–water partition coefficient (Wildman–Crippen LogP) is 14.4. The van der Waals surface area contributed by atoms with Crippen LogP contribution in [-0.4, -0.2) is 46.9 Å². The third kappa shape index (κ3) is 39.5. The molecule has 0 fully saturated rings. The molecule has 0 aliphatic carbocycles. The van der Waals surface area contributed by atoms with E-state index in [-0.39, 0.29) is 24.9 Å². The molecule has 0 heterocycles. The second-order valence-electron chi connectivity index (χ2n) is 17.2. The highest BCUT2D eigenvalue weighted by molar-refractivity contribution is 5.77. The minimum atomic E-state index is -0.778. The van der Waals surface area contributed by atoms with Gasteiger partial charge < -0.3 is 20.3 Å². The predicted molar refractivity (Wildman–Crippen MR) is 237 cm³/mol. The topological polar surface area (TPSA) is 95.9 Å². The van der Waals surface area contributed by atoms with Gasteiger partial charge in [-0.15, -0.1) is 0 Å². The molecule has 6 heteroatoms. The fourth-order valence-electron chi connectivity index (χ4n) is 7.90. The Balaban J connectivity index is 4.44. The monoisotopic (exact) mass is 780 g/mol. The summed E-state index contributed by atoms with van der Waals surface area (Å²) in [6, 6.07) is -0.691. The summed E-state index contributed by atoms with van der Waals surface area (Å²) in [5.74, 6) is -0.457. The standard InChI is InChI=1S/C49H97NO5/c1-4-7-10-13-16-19-22-23-24-25-27-29-32-35-38-41-47(52)46(44-51)50-48(53)43-45(40-37-34-31-28-21-18-15-12-9-6-3)55-49(54)42-39-36-33-30-26-20-17-14-11-8-5-2/h45-47,51-52H,4-44H2,1-3H3,(H,50,53). The van der Waals surface area contributed by atoms with Crippen LogP contribution in [0.15, 0.2) is 0 Å². The summed E-state index contributed by atoms with van der Waals surface area (Å²) < 4.78 is 5.91. The van der Waals surface area contributed by atoms with Gasteiger partial charge in [-0.2, -0.15) is 0 Å². The molecule has 0 saturated carbocycles. The molecule has 0 aliphatic heterocycles. The number of amides is 1. The maximum absolute atomic E-state index is 13.1. The number of ether oxygens (including phenoxy) is 1. The smallest absolute Gasteiger partial charge is 0.306 e. The Morgan fingerprint density at radius 1 is 0.455 bits per heavy atom. The lowest BCUT2D eigenvalue weighted by Gasteiger charge is -2.24. The summed E-state index contributed by atoms with van der Waals surface area (Å²) >= 11 is 0. The van der Waals surface area contributed by atoms with Gasteiger partial charge in [-0.25, -0.2) is 0 Å². The fourth-order valence-corrected chi connectivity index (χ4v) is 7.90. The number of rotatable bonds is 45. The molecule has 3 unspecified atom stereocenters. The van der Waals surface area contributed by atoms with Crippen LogP contribution in [0, 0.1) is 0 Å². The third-order valence-electron chi connectivity index (χ3n) is 11.7. The largest absolute Gasteiger partial charge is 0.462 e. The molecule has 3 N–H and O–H groups in total. The zero-order chi connectivity index (χ0) is 40.3. The van der Waals surface area contributed by atoms with Crippen LogP contribution >= 0.6 is 0 Å². The van der Waals surface area contributed by atoms with E-state index in [2.05, 4.69) is 26.1 Å². The highest BCUT2D eigenvalue weighted by Crippen LogP contribution is 2.18. The molecule has 1 amide bonds. The van der Waals surface area contributed by atoms with Crippen molar-refractivity contribution >= 4 is 11.9 Å². The van der Waals surface area contributed by atoms with Crippen molar-refractivity contribution < 1.29 is 24.5 Å².